The number of nitrogens with zero attached hydrogens (tertiary/aromatic N) is 2. The van der Waals surface area contributed by atoms with E-state index in [0.717, 1.165) is 17.1 Å². The second-order valence-corrected chi connectivity index (χ2v) is 10.5. The predicted octanol–water partition coefficient (Wildman–Crippen LogP) is 3.51. The summed E-state index contributed by atoms with van der Waals surface area (Å²) in [6.07, 6.45) is 2.80. The Kier molecular flexibility index (Phi) is 6.91. The number of methoxy groups -OCH3 is 1. The Morgan fingerprint density at radius 1 is 1.15 bits per heavy atom. The lowest BCUT2D eigenvalue weighted by atomic mass is 10.2. The molecule has 0 spiro atoms. The van der Waals surface area contributed by atoms with Crippen LogP contribution in [0.3, 0.4) is 0 Å². The standard InChI is InChI=1S/C22H24N4O5S2/c1-15-3-5-19(20(11-15)30-2)31-21-6-4-16(13-24-21)25-22(27)18-12-17(14-23-18)33(28,29)26-7-9-32-10-8-26/h3-6,11-14,23H,7-10H2,1-2H3,(H,25,27). The number of carbonyl (C=O) groups excluding carboxylic acids is 1. The molecule has 0 aliphatic carbocycles. The maximum atomic E-state index is 12.8. The average molecular weight is 489 g/mol. The van der Waals surface area contributed by atoms with Crippen LogP contribution in [0, 0.1) is 6.92 Å². The number of anilines is 1. The van der Waals surface area contributed by atoms with Crippen molar-refractivity contribution in [2.75, 3.05) is 37.0 Å². The molecule has 0 unspecified atom stereocenters. The van der Waals surface area contributed by atoms with Gasteiger partial charge in [0, 0.05) is 36.9 Å². The van der Waals surface area contributed by atoms with E-state index in [1.165, 1.54) is 22.8 Å². The number of aromatic amines is 1. The van der Waals surface area contributed by atoms with Crippen LogP contribution in [-0.4, -0.2) is 60.3 Å². The molecule has 0 radical (unpaired) electrons. The minimum absolute atomic E-state index is 0.0773. The molecular formula is C22H24N4O5S2. The van der Waals surface area contributed by atoms with E-state index in [4.69, 9.17) is 9.47 Å². The zero-order valence-electron chi connectivity index (χ0n) is 18.2. The zero-order chi connectivity index (χ0) is 23.4. The van der Waals surface area contributed by atoms with Crippen molar-refractivity contribution in [2.45, 2.75) is 11.8 Å². The van der Waals surface area contributed by atoms with Crippen molar-refractivity contribution in [3.8, 4) is 17.4 Å². The number of amides is 1. The highest BCUT2D eigenvalue weighted by molar-refractivity contribution is 7.99. The van der Waals surface area contributed by atoms with E-state index >= 15 is 0 Å². The maximum Gasteiger partial charge on any atom is 0.272 e. The number of pyridine rings is 1. The third kappa shape index (κ3) is 5.32. The number of H-pyrrole nitrogens is 1. The van der Waals surface area contributed by atoms with Gasteiger partial charge >= 0.3 is 0 Å². The fourth-order valence-corrected chi connectivity index (χ4v) is 5.85. The Balaban J connectivity index is 1.41. The number of benzene rings is 1. The van der Waals surface area contributed by atoms with Crippen LogP contribution in [0.1, 0.15) is 16.1 Å². The van der Waals surface area contributed by atoms with Crippen molar-refractivity contribution in [2.24, 2.45) is 0 Å². The molecule has 3 heterocycles. The van der Waals surface area contributed by atoms with Crippen LogP contribution in [0.4, 0.5) is 5.69 Å². The Morgan fingerprint density at radius 2 is 1.94 bits per heavy atom. The van der Waals surface area contributed by atoms with Crippen LogP contribution in [-0.2, 0) is 10.0 Å². The topological polar surface area (TPSA) is 114 Å². The number of ether oxygens (including phenoxy) is 2. The summed E-state index contributed by atoms with van der Waals surface area (Å²) in [6, 6.07) is 10.2. The van der Waals surface area contributed by atoms with Crippen LogP contribution in [0.15, 0.2) is 53.7 Å². The Hall–Kier alpha value is -3.02. The third-order valence-corrected chi connectivity index (χ3v) is 7.86. The number of rotatable bonds is 7. The number of hydrogen-bond donors (Lipinski definition) is 2. The summed E-state index contributed by atoms with van der Waals surface area (Å²) in [6.45, 7) is 2.89. The maximum absolute atomic E-state index is 12.8. The number of nitrogens with one attached hydrogen (secondary N) is 2. The first-order valence-electron chi connectivity index (χ1n) is 10.2. The van der Waals surface area contributed by atoms with Crippen LogP contribution >= 0.6 is 11.8 Å². The molecule has 3 aromatic rings. The molecule has 0 saturated carbocycles. The lowest BCUT2D eigenvalue weighted by Crippen LogP contribution is -2.37. The van der Waals surface area contributed by atoms with Crippen molar-refractivity contribution in [1.82, 2.24) is 14.3 Å². The first-order chi connectivity index (χ1) is 15.9. The van der Waals surface area contributed by atoms with E-state index in [2.05, 4.69) is 15.3 Å². The monoisotopic (exact) mass is 488 g/mol. The number of thioether (sulfide) groups is 1. The van der Waals surface area contributed by atoms with Crippen molar-refractivity contribution in [3.05, 3.63) is 60.0 Å². The van der Waals surface area contributed by atoms with E-state index in [1.54, 1.807) is 37.1 Å². The number of aryl methyl sites for hydroxylation is 1. The van der Waals surface area contributed by atoms with Crippen molar-refractivity contribution in [1.29, 1.82) is 0 Å². The molecule has 1 amide bonds. The summed E-state index contributed by atoms with van der Waals surface area (Å²) in [4.78, 5) is 19.6. The van der Waals surface area contributed by atoms with Gasteiger partial charge in [0.25, 0.3) is 5.91 Å². The highest BCUT2D eigenvalue weighted by Gasteiger charge is 2.27. The molecule has 9 nitrogen and oxygen atoms in total. The first kappa shape index (κ1) is 23.1. The zero-order valence-corrected chi connectivity index (χ0v) is 19.8. The van der Waals surface area contributed by atoms with Crippen molar-refractivity contribution in [3.63, 3.8) is 0 Å². The van der Waals surface area contributed by atoms with E-state index in [-0.39, 0.29) is 10.6 Å². The van der Waals surface area contributed by atoms with Crippen LogP contribution in [0.5, 0.6) is 17.4 Å². The summed E-state index contributed by atoms with van der Waals surface area (Å²) in [5.41, 5.74) is 1.63. The van der Waals surface area contributed by atoms with Gasteiger partial charge in [-0.05, 0) is 36.8 Å². The molecule has 0 bridgehead atoms. The molecule has 33 heavy (non-hydrogen) atoms. The van der Waals surface area contributed by atoms with Gasteiger partial charge in [-0.2, -0.15) is 16.1 Å². The summed E-state index contributed by atoms with van der Waals surface area (Å²) in [5, 5.41) is 2.70. The fourth-order valence-electron chi connectivity index (χ4n) is 3.28. The molecule has 174 valence electrons. The molecule has 1 aromatic carbocycles. The van der Waals surface area contributed by atoms with E-state index in [9.17, 15) is 13.2 Å². The Morgan fingerprint density at radius 3 is 2.64 bits per heavy atom. The van der Waals surface area contributed by atoms with Gasteiger partial charge in [-0.3, -0.25) is 4.79 Å². The Labute approximate surface area is 196 Å². The lowest BCUT2D eigenvalue weighted by molar-refractivity contribution is 0.102. The summed E-state index contributed by atoms with van der Waals surface area (Å²) >= 11 is 1.73. The van der Waals surface area contributed by atoms with E-state index in [1.807, 2.05) is 19.1 Å². The summed E-state index contributed by atoms with van der Waals surface area (Å²) in [5.74, 6) is 2.51. The van der Waals surface area contributed by atoms with E-state index < -0.39 is 15.9 Å². The number of aromatic nitrogens is 2. The molecule has 1 aliphatic heterocycles. The highest BCUT2D eigenvalue weighted by atomic mass is 32.2. The number of sulfonamides is 1. The smallest absolute Gasteiger partial charge is 0.272 e. The average Bonchev–Trinajstić information content (AvgIpc) is 3.33. The summed E-state index contributed by atoms with van der Waals surface area (Å²) < 4.78 is 38.1. The van der Waals surface area contributed by atoms with Crippen LogP contribution < -0.4 is 14.8 Å². The van der Waals surface area contributed by atoms with Gasteiger partial charge in [0.15, 0.2) is 11.5 Å². The highest BCUT2D eigenvalue weighted by Crippen LogP contribution is 2.31. The van der Waals surface area contributed by atoms with Gasteiger partial charge in [-0.25, -0.2) is 13.4 Å². The lowest BCUT2D eigenvalue weighted by Gasteiger charge is -2.24. The first-order valence-corrected chi connectivity index (χ1v) is 12.8. The largest absolute Gasteiger partial charge is 0.493 e. The Bertz CT molecular complexity index is 1240. The van der Waals surface area contributed by atoms with Crippen LogP contribution in [0.2, 0.25) is 0 Å². The molecular weight excluding hydrogens is 464 g/mol. The fraction of sp³-hybridized carbons (Fsp3) is 0.273. The SMILES string of the molecule is COc1cc(C)ccc1Oc1ccc(NC(=O)c2cc(S(=O)(=O)N3CCSCC3)c[nH]2)cn1. The normalized spacial score (nSPS) is 14.6. The van der Waals surface area contributed by atoms with Gasteiger partial charge in [0.2, 0.25) is 15.9 Å². The van der Waals surface area contributed by atoms with E-state index in [0.29, 0.717) is 36.2 Å². The van der Waals surface area contributed by atoms with Gasteiger partial charge in [-0.1, -0.05) is 6.07 Å². The minimum Gasteiger partial charge on any atom is -0.493 e. The minimum atomic E-state index is -3.62. The van der Waals surface area contributed by atoms with Crippen LogP contribution in [0.25, 0.3) is 0 Å². The molecule has 2 aromatic heterocycles. The molecule has 1 saturated heterocycles. The van der Waals surface area contributed by atoms with Crippen molar-refractivity contribution < 1.29 is 22.7 Å². The second kappa shape index (κ2) is 9.86. The molecule has 2 N–H and O–H groups in total. The van der Waals surface area contributed by atoms with Crippen molar-refractivity contribution >= 4 is 33.4 Å². The predicted molar refractivity (Wildman–Crippen MR) is 127 cm³/mol. The molecule has 1 fully saturated rings. The van der Waals surface area contributed by atoms with Gasteiger partial charge < -0.3 is 19.8 Å². The van der Waals surface area contributed by atoms with Gasteiger partial charge in [0.05, 0.1) is 19.0 Å². The molecule has 4 rings (SSSR count). The molecule has 0 atom stereocenters. The number of hydrogen-bond acceptors (Lipinski definition) is 7. The van der Waals surface area contributed by atoms with Gasteiger partial charge in [-0.15, -0.1) is 0 Å². The van der Waals surface area contributed by atoms with Gasteiger partial charge in [0.1, 0.15) is 10.6 Å². The molecule has 11 heteroatoms. The number of carbonyl (C=O) groups is 1. The third-order valence-electron chi connectivity index (χ3n) is 5.04. The molecule has 1 aliphatic rings. The quantitative estimate of drug-likeness (QED) is 0.523. The second-order valence-electron chi connectivity index (χ2n) is 7.36. The summed E-state index contributed by atoms with van der Waals surface area (Å²) in [7, 11) is -2.06.